The van der Waals surface area contributed by atoms with Crippen LogP contribution in [0.25, 0.3) is 0 Å². The van der Waals surface area contributed by atoms with Crippen molar-refractivity contribution < 1.29 is 4.79 Å². The molecular weight excluding hydrogens is 332 g/mol. The van der Waals surface area contributed by atoms with E-state index in [0.717, 1.165) is 24.1 Å². The number of hydrogen-bond acceptors (Lipinski definition) is 2. The van der Waals surface area contributed by atoms with Crippen LogP contribution in [0, 0.1) is 0 Å². The number of rotatable bonds is 9. The normalized spacial score (nSPS) is 12.0. The van der Waals surface area contributed by atoms with Gasteiger partial charge in [0.2, 0.25) is 5.91 Å². The van der Waals surface area contributed by atoms with Gasteiger partial charge in [0.15, 0.2) is 0 Å². The fourth-order valence-corrected chi connectivity index (χ4v) is 3.72. The van der Waals surface area contributed by atoms with E-state index in [2.05, 4.69) is 37.9 Å². The molecule has 1 N–H and O–H groups in total. The lowest BCUT2D eigenvalue weighted by atomic mass is 9.75. The molecule has 0 aliphatic rings. The summed E-state index contributed by atoms with van der Waals surface area (Å²) >= 11 is 0. The first-order chi connectivity index (χ1) is 12.9. The maximum Gasteiger partial charge on any atom is 0.234 e. The van der Waals surface area contributed by atoms with Crippen molar-refractivity contribution in [2.45, 2.75) is 58.5 Å². The molecule has 0 atom stereocenters. The number of nitrogens with zero attached hydrogens (tertiary/aromatic N) is 1. The Hall–Kier alpha value is -2.13. The van der Waals surface area contributed by atoms with Gasteiger partial charge in [0.25, 0.3) is 0 Å². The van der Waals surface area contributed by atoms with E-state index in [9.17, 15) is 4.79 Å². The maximum atomic E-state index is 13.3. The molecule has 27 heavy (non-hydrogen) atoms. The third kappa shape index (κ3) is 5.20. The second-order valence-electron chi connectivity index (χ2n) is 7.89. The van der Waals surface area contributed by atoms with Crippen LogP contribution in [0.1, 0.15) is 52.2 Å². The molecule has 2 aromatic rings. The highest BCUT2D eigenvalue weighted by molar-refractivity contribution is 5.91. The lowest BCUT2D eigenvalue weighted by molar-refractivity contribution is -0.124. The summed E-state index contributed by atoms with van der Waals surface area (Å²) < 4.78 is 0. The molecule has 2 aromatic carbocycles. The van der Waals surface area contributed by atoms with Crippen molar-refractivity contribution in [2.75, 3.05) is 13.1 Å². The summed E-state index contributed by atoms with van der Waals surface area (Å²) in [5, 5.41) is 3.19. The molecule has 0 spiro atoms. The monoisotopic (exact) mass is 366 g/mol. The lowest BCUT2D eigenvalue weighted by Gasteiger charge is -2.31. The summed E-state index contributed by atoms with van der Waals surface area (Å²) in [6.45, 7) is 12.6. The number of nitrogens with one attached hydrogen (secondary N) is 1. The first-order valence-electron chi connectivity index (χ1n) is 10.0. The topological polar surface area (TPSA) is 32.3 Å². The summed E-state index contributed by atoms with van der Waals surface area (Å²) in [6, 6.07) is 21.1. The molecular formula is C24H34N2O. The SMILES string of the molecule is CC(C)N(CCCNC(=O)C(C)(c1ccccc1)c1ccccc1)C(C)C. The molecule has 0 aliphatic carbocycles. The predicted molar refractivity (Wildman–Crippen MR) is 114 cm³/mol. The van der Waals surface area contributed by atoms with Crippen LogP contribution >= 0.6 is 0 Å². The minimum Gasteiger partial charge on any atom is -0.355 e. The summed E-state index contributed by atoms with van der Waals surface area (Å²) in [4.78, 5) is 15.7. The molecule has 146 valence electrons. The fraction of sp³-hybridized carbons (Fsp3) is 0.458. The summed E-state index contributed by atoms with van der Waals surface area (Å²) in [6.07, 6.45) is 0.946. The number of amides is 1. The average Bonchev–Trinajstić information content (AvgIpc) is 2.67. The quantitative estimate of drug-likeness (QED) is 0.657. The number of hydrogen-bond donors (Lipinski definition) is 1. The predicted octanol–water partition coefficient (Wildman–Crippen LogP) is 4.62. The van der Waals surface area contributed by atoms with Gasteiger partial charge in [0.05, 0.1) is 5.41 Å². The Kier molecular flexibility index (Phi) is 7.61. The van der Waals surface area contributed by atoms with Crippen LogP contribution < -0.4 is 5.32 Å². The molecule has 0 unspecified atom stereocenters. The van der Waals surface area contributed by atoms with E-state index < -0.39 is 5.41 Å². The smallest absolute Gasteiger partial charge is 0.234 e. The van der Waals surface area contributed by atoms with Crippen molar-refractivity contribution >= 4 is 5.91 Å². The van der Waals surface area contributed by atoms with Crippen molar-refractivity contribution in [1.82, 2.24) is 10.2 Å². The minimum atomic E-state index is -0.696. The third-order valence-corrected chi connectivity index (χ3v) is 5.36. The minimum absolute atomic E-state index is 0.0561. The summed E-state index contributed by atoms with van der Waals surface area (Å²) in [5.74, 6) is 0.0561. The highest BCUT2D eigenvalue weighted by Gasteiger charge is 2.36. The molecule has 3 heteroatoms. The van der Waals surface area contributed by atoms with Crippen LogP contribution in [0.4, 0.5) is 0 Å². The van der Waals surface area contributed by atoms with E-state index >= 15 is 0 Å². The van der Waals surface area contributed by atoms with Crippen LogP contribution in [0.15, 0.2) is 60.7 Å². The van der Waals surface area contributed by atoms with Gasteiger partial charge < -0.3 is 5.32 Å². The van der Waals surface area contributed by atoms with Gasteiger partial charge in [-0.05, 0) is 52.2 Å². The van der Waals surface area contributed by atoms with Gasteiger partial charge in [0.1, 0.15) is 0 Å². The average molecular weight is 367 g/mol. The summed E-state index contributed by atoms with van der Waals surface area (Å²) in [5.41, 5.74) is 1.33. The van der Waals surface area contributed by atoms with Gasteiger partial charge in [0, 0.05) is 25.2 Å². The largest absolute Gasteiger partial charge is 0.355 e. The zero-order valence-corrected chi connectivity index (χ0v) is 17.4. The van der Waals surface area contributed by atoms with Crippen molar-refractivity contribution in [3.8, 4) is 0 Å². The molecule has 2 rings (SSSR count). The molecule has 0 bridgehead atoms. The van der Waals surface area contributed by atoms with Gasteiger partial charge in [-0.15, -0.1) is 0 Å². The molecule has 0 aromatic heterocycles. The Morgan fingerprint density at radius 3 is 1.74 bits per heavy atom. The second kappa shape index (κ2) is 9.70. The molecule has 0 saturated carbocycles. The second-order valence-corrected chi connectivity index (χ2v) is 7.89. The molecule has 0 aliphatic heterocycles. The zero-order valence-electron chi connectivity index (χ0n) is 17.4. The highest BCUT2D eigenvalue weighted by Crippen LogP contribution is 2.32. The van der Waals surface area contributed by atoms with Crippen molar-refractivity contribution in [2.24, 2.45) is 0 Å². The first kappa shape index (κ1) is 21.2. The van der Waals surface area contributed by atoms with Gasteiger partial charge in [-0.25, -0.2) is 0 Å². The molecule has 0 radical (unpaired) electrons. The molecule has 0 saturated heterocycles. The molecule has 0 heterocycles. The van der Waals surface area contributed by atoms with Crippen LogP contribution in [0.5, 0.6) is 0 Å². The van der Waals surface area contributed by atoms with Gasteiger partial charge >= 0.3 is 0 Å². The standard InChI is InChI=1S/C24H34N2O/c1-19(2)26(20(3)4)18-12-17-25-23(27)24(5,21-13-8-6-9-14-21)22-15-10-7-11-16-22/h6-11,13-16,19-20H,12,17-18H2,1-5H3,(H,25,27). The van der Waals surface area contributed by atoms with E-state index in [1.807, 2.05) is 67.6 Å². The van der Waals surface area contributed by atoms with Crippen molar-refractivity contribution in [3.05, 3.63) is 71.8 Å². The van der Waals surface area contributed by atoms with Gasteiger partial charge in [-0.2, -0.15) is 0 Å². The zero-order chi connectivity index (χ0) is 19.9. The van der Waals surface area contributed by atoms with E-state index in [4.69, 9.17) is 0 Å². The summed E-state index contributed by atoms with van der Waals surface area (Å²) in [7, 11) is 0. The van der Waals surface area contributed by atoms with Crippen LogP contribution in [-0.4, -0.2) is 36.0 Å². The van der Waals surface area contributed by atoms with Crippen LogP contribution in [0.3, 0.4) is 0 Å². The Labute approximate surface area is 164 Å². The van der Waals surface area contributed by atoms with E-state index in [-0.39, 0.29) is 5.91 Å². The molecule has 1 amide bonds. The van der Waals surface area contributed by atoms with Crippen molar-refractivity contribution in [3.63, 3.8) is 0 Å². The van der Waals surface area contributed by atoms with Crippen LogP contribution in [-0.2, 0) is 10.2 Å². The number of carbonyl (C=O) groups excluding carboxylic acids is 1. The van der Waals surface area contributed by atoms with Gasteiger partial charge in [-0.3, -0.25) is 9.69 Å². The lowest BCUT2D eigenvalue weighted by Crippen LogP contribution is -2.44. The fourth-order valence-electron chi connectivity index (χ4n) is 3.72. The third-order valence-electron chi connectivity index (χ3n) is 5.36. The molecule has 3 nitrogen and oxygen atoms in total. The number of benzene rings is 2. The first-order valence-corrected chi connectivity index (χ1v) is 10.0. The maximum absolute atomic E-state index is 13.3. The van der Waals surface area contributed by atoms with E-state index in [0.29, 0.717) is 18.6 Å². The van der Waals surface area contributed by atoms with Crippen LogP contribution in [0.2, 0.25) is 0 Å². The van der Waals surface area contributed by atoms with E-state index in [1.165, 1.54) is 0 Å². The Bertz CT molecular complexity index is 647. The number of carbonyl (C=O) groups is 1. The Morgan fingerprint density at radius 1 is 0.889 bits per heavy atom. The Balaban J connectivity index is 2.10. The van der Waals surface area contributed by atoms with Gasteiger partial charge in [-0.1, -0.05) is 60.7 Å². The molecule has 0 fully saturated rings. The highest BCUT2D eigenvalue weighted by atomic mass is 16.2. The Morgan fingerprint density at radius 2 is 1.33 bits per heavy atom. The van der Waals surface area contributed by atoms with E-state index in [1.54, 1.807) is 0 Å². The van der Waals surface area contributed by atoms with Crippen molar-refractivity contribution in [1.29, 1.82) is 0 Å².